The molecular weight excluding hydrogens is 214 g/mol. The van der Waals surface area contributed by atoms with Crippen molar-refractivity contribution < 1.29 is 4.79 Å². The Bertz CT molecular complexity index is 417. The summed E-state index contributed by atoms with van der Waals surface area (Å²) in [5.74, 6) is -0.0109. The lowest BCUT2D eigenvalue weighted by molar-refractivity contribution is -0.117. The maximum atomic E-state index is 11.9. The van der Waals surface area contributed by atoms with Gasteiger partial charge >= 0.3 is 0 Å². The first kappa shape index (κ1) is 11.9. The number of carbonyl (C=O) groups is 1. The zero-order chi connectivity index (χ0) is 12.3. The number of benzene rings is 1. The van der Waals surface area contributed by atoms with Crippen LogP contribution in [0.3, 0.4) is 0 Å². The van der Waals surface area contributed by atoms with E-state index in [0.29, 0.717) is 0 Å². The molecule has 0 saturated heterocycles. The smallest absolute Gasteiger partial charge is 0.240 e. The molecule has 1 aliphatic rings. The number of hydrogen-bond acceptors (Lipinski definition) is 3. The summed E-state index contributed by atoms with van der Waals surface area (Å²) in [5, 5.41) is 3.35. The minimum atomic E-state index is -0.0109. The minimum absolute atomic E-state index is 0.0109. The highest BCUT2D eigenvalue weighted by atomic mass is 16.2. The maximum Gasteiger partial charge on any atom is 0.240 e. The largest absolute Gasteiger partial charge is 0.383 e. The van der Waals surface area contributed by atoms with Crippen LogP contribution in [0.25, 0.3) is 0 Å². The molecule has 3 N–H and O–H groups in total. The fourth-order valence-electron chi connectivity index (χ4n) is 2.12. The van der Waals surface area contributed by atoms with Gasteiger partial charge in [0, 0.05) is 13.1 Å². The van der Waals surface area contributed by atoms with Gasteiger partial charge < -0.3 is 16.0 Å². The van der Waals surface area contributed by atoms with Crippen molar-refractivity contribution in [1.29, 1.82) is 0 Å². The molecular formula is C13H19N3O. The molecule has 4 nitrogen and oxygen atoms in total. The highest BCUT2D eigenvalue weighted by Gasteiger charge is 2.19. The average Bonchev–Trinajstić information content (AvgIpc) is 2.59. The quantitative estimate of drug-likeness (QED) is 0.811. The number of hydrogen-bond donors (Lipinski definition) is 2. The van der Waals surface area contributed by atoms with Crippen LogP contribution in [0.2, 0.25) is 0 Å². The molecule has 0 bridgehead atoms. The van der Waals surface area contributed by atoms with Gasteiger partial charge in [-0.15, -0.1) is 0 Å². The van der Waals surface area contributed by atoms with Crippen molar-refractivity contribution in [2.75, 3.05) is 29.9 Å². The molecule has 1 heterocycles. The van der Waals surface area contributed by atoms with Gasteiger partial charge in [0.2, 0.25) is 5.91 Å². The predicted octanol–water partition coefficient (Wildman–Crippen LogP) is 1.36. The third-order valence-corrected chi connectivity index (χ3v) is 3.11. The molecule has 0 aromatic heterocycles. The molecule has 1 amide bonds. The van der Waals surface area contributed by atoms with Gasteiger partial charge in [-0.2, -0.15) is 0 Å². The van der Waals surface area contributed by atoms with Crippen LogP contribution in [0, 0.1) is 0 Å². The molecule has 17 heavy (non-hydrogen) atoms. The molecule has 0 spiro atoms. The van der Waals surface area contributed by atoms with Crippen LogP contribution in [0.4, 0.5) is 11.4 Å². The normalized spacial score (nSPS) is 14.8. The molecule has 1 aliphatic heterocycles. The predicted molar refractivity (Wildman–Crippen MR) is 70.3 cm³/mol. The van der Waals surface area contributed by atoms with E-state index < -0.39 is 0 Å². The third kappa shape index (κ3) is 2.42. The SMILES string of the molecule is CCc1ccc2c(c1)N(C(=O)CN)CCCN2. The summed E-state index contributed by atoms with van der Waals surface area (Å²) in [5.41, 5.74) is 8.71. The number of carbonyl (C=O) groups excluding carboxylic acids is 1. The highest BCUT2D eigenvalue weighted by Crippen LogP contribution is 2.29. The van der Waals surface area contributed by atoms with E-state index >= 15 is 0 Å². The molecule has 2 rings (SSSR count). The van der Waals surface area contributed by atoms with Crippen molar-refractivity contribution in [3.05, 3.63) is 23.8 Å². The van der Waals surface area contributed by atoms with E-state index in [1.165, 1.54) is 5.56 Å². The standard InChI is InChI=1S/C13H19N3O/c1-2-10-4-5-11-12(8-10)16(13(17)9-14)7-3-6-15-11/h4-5,8,15H,2-3,6-7,9,14H2,1H3. The van der Waals surface area contributed by atoms with E-state index in [9.17, 15) is 4.79 Å². The van der Waals surface area contributed by atoms with Gasteiger partial charge in [-0.1, -0.05) is 13.0 Å². The second kappa shape index (κ2) is 5.19. The first-order chi connectivity index (χ1) is 8.26. The van der Waals surface area contributed by atoms with Crippen LogP contribution >= 0.6 is 0 Å². The summed E-state index contributed by atoms with van der Waals surface area (Å²) in [6.45, 7) is 3.81. The number of amides is 1. The Labute approximate surface area is 102 Å². The Morgan fingerprint density at radius 2 is 2.35 bits per heavy atom. The number of fused-ring (bicyclic) bond motifs is 1. The summed E-state index contributed by atoms with van der Waals surface area (Å²) in [6, 6.07) is 6.24. The average molecular weight is 233 g/mol. The van der Waals surface area contributed by atoms with Gasteiger partial charge in [0.25, 0.3) is 0 Å². The Kier molecular flexibility index (Phi) is 3.64. The lowest BCUT2D eigenvalue weighted by atomic mass is 10.1. The number of anilines is 2. The van der Waals surface area contributed by atoms with Crippen molar-refractivity contribution in [3.63, 3.8) is 0 Å². The Hall–Kier alpha value is -1.55. The molecule has 1 aromatic carbocycles. The summed E-state index contributed by atoms with van der Waals surface area (Å²) in [6.07, 6.45) is 1.92. The van der Waals surface area contributed by atoms with E-state index in [2.05, 4.69) is 30.4 Å². The van der Waals surface area contributed by atoms with E-state index in [4.69, 9.17) is 5.73 Å². The maximum absolute atomic E-state index is 11.9. The van der Waals surface area contributed by atoms with Gasteiger partial charge in [-0.05, 0) is 30.5 Å². The second-order valence-electron chi connectivity index (χ2n) is 4.23. The van der Waals surface area contributed by atoms with E-state index in [0.717, 1.165) is 37.3 Å². The topological polar surface area (TPSA) is 58.4 Å². The third-order valence-electron chi connectivity index (χ3n) is 3.11. The van der Waals surface area contributed by atoms with Crippen LogP contribution in [0.1, 0.15) is 18.9 Å². The van der Waals surface area contributed by atoms with Crippen molar-refractivity contribution in [2.45, 2.75) is 19.8 Å². The molecule has 0 aliphatic carbocycles. The molecule has 0 atom stereocenters. The number of nitrogens with one attached hydrogen (secondary N) is 1. The zero-order valence-corrected chi connectivity index (χ0v) is 10.2. The van der Waals surface area contributed by atoms with Crippen molar-refractivity contribution in [2.24, 2.45) is 5.73 Å². The molecule has 0 fully saturated rings. The monoisotopic (exact) mass is 233 g/mol. The number of nitrogens with zero attached hydrogens (tertiary/aromatic N) is 1. The van der Waals surface area contributed by atoms with Crippen LogP contribution < -0.4 is 16.0 Å². The number of aryl methyl sites for hydroxylation is 1. The Morgan fingerprint density at radius 1 is 1.53 bits per heavy atom. The summed E-state index contributed by atoms with van der Waals surface area (Å²) in [4.78, 5) is 13.7. The van der Waals surface area contributed by atoms with Crippen LogP contribution in [0.15, 0.2) is 18.2 Å². The van der Waals surface area contributed by atoms with Crippen LogP contribution in [-0.4, -0.2) is 25.5 Å². The summed E-state index contributed by atoms with van der Waals surface area (Å²) >= 11 is 0. The number of rotatable bonds is 2. The zero-order valence-electron chi connectivity index (χ0n) is 10.2. The van der Waals surface area contributed by atoms with Crippen LogP contribution in [-0.2, 0) is 11.2 Å². The fraction of sp³-hybridized carbons (Fsp3) is 0.462. The van der Waals surface area contributed by atoms with Crippen molar-refractivity contribution in [1.82, 2.24) is 0 Å². The number of nitrogens with two attached hydrogens (primary N) is 1. The summed E-state index contributed by atoms with van der Waals surface area (Å²) < 4.78 is 0. The lowest BCUT2D eigenvalue weighted by Gasteiger charge is -2.22. The van der Waals surface area contributed by atoms with Gasteiger partial charge in [0.15, 0.2) is 0 Å². The fourth-order valence-corrected chi connectivity index (χ4v) is 2.12. The molecule has 0 saturated carbocycles. The minimum Gasteiger partial charge on any atom is -0.383 e. The molecule has 0 unspecified atom stereocenters. The molecule has 1 aromatic rings. The molecule has 4 heteroatoms. The van der Waals surface area contributed by atoms with Gasteiger partial charge in [0.05, 0.1) is 17.9 Å². The first-order valence-corrected chi connectivity index (χ1v) is 6.13. The van der Waals surface area contributed by atoms with Gasteiger partial charge in [0.1, 0.15) is 0 Å². The van der Waals surface area contributed by atoms with Crippen molar-refractivity contribution >= 4 is 17.3 Å². The Balaban J connectivity index is 2.41. The Morgan fingerprint density at radius 3 is 3.06 bits per heavy atom. The van der Waals surface area contributed by atoms with Crippen LogP contribution in [0.5, 0.6) is 0 Å². The molecule has 92 valence electrons. The second-order valence-corrected chi connectivity index (χ2v) is 4.23. The molecule has 0 radical (unpaired) electrons. The van der Waals surface area contributed by atoms with Gasteiger partial charge in [-0.3, -0.25) is 4.79 Å². The first-order valence-electron chi connectivity index (χ1n) is 6.13. The lowest BCUT2D eigenvalue weighted by Crippen LogP contribution is -2.36. The van der Waals surface area contributed by atoms with Gasteiger partial charge in [-0.25, -0.2) is 0 Å². The van der Waals surface area contributed by atoms with Crippen molar-refractivity contribution in [3.8, 4) is 0 Å². The van der Waals surface area contributed by atoms with E-state index in [1.54, 1.807) is 4.90 Å². The summed E-state index contributed by atoms with van der Waals surface area (Å²) in [7, 11) is 0. The highest BCUT2D eigenvalue weighted by molar-refractivity contribution is 5.98. The van der Waals surface area contributed by atoms with E-state index in [-0.39, 0.29) is 12.5 Å². The van der Waals surface area contributed by atoms with E-state index in [1.807, 2.05) is 0 Å².